The molecule has 0 unspecified atom stereocenters. The zero-order chi connectivity index (χ0) is 16.9. The summed E-state index contributed by atoms with van der Waals surface area (Å²) >= 11 is 2.65. The van der Waals surface area contributed by atoms with Gasteiger partial charge in [0.25, 0.3) is 5.56 Å². The predicted molar refractivity (Wildman–Crippen MR) is 95.4 cm³/mol. The van der Waals surface area contributed by atoms with Crippen molar-refractivity contribution in [2.24, 2.45) is 0 Å². The number of fused-ring (bicyclic) bond motifs is 1. The molecule has 0 aliphatic rings. The lowest BCUT2D eigenvalue weighted by atomic mass is 10.3. The Balaban J connectivity index is 1.68. The number of nitrogens with one attached hydrogen (secondary N) is 2. The zero-order valence-electron chi connectivity index (χ0n) is 12.9. The topological polar surface area (TPSA) is 101 Å². The number of para-hydroxylation sites is 2. The highest BCUT2D eigenvalue weighted by atomic mass is 32.2. The van der Waals surface area contributed by atoms with E-state index >= 15 is 0 Å². The van der Waals surface area contributed by atoms with Crippen molar-refractivity contribution in [3.8, 4) is 0 Å². The monoisotopic (exact) mass is 361 g/mol. The molecule has 0 spiro atoms. The molecule has 0 fully saturated rings. The molecule has 0 atom stereocenters. The van der Waals surface area contributed by atoms with E-state index in [4.69, 9.17) is 0 Å². The van der Waals surface area contributed by atoms with Crippen molar-refractivity contribution in [1.29, 1.82) is 0 Å². The fraction of sp³-hybridized carbons (Fsp3) is 0.267. The van der Waals surface area contributed by atoms with Crippen molar-refractivity contribution >= 4 is 45.2 Å². The maximum Gasteiger partial charge on any atom is 0.271 e. The van der Waals surface area contributed by atoms with Gasteiger partial charge in [-0.2, -0.15) is 0 Å². The average Bonchev–Trinajstić information content (AvgIpc) is 3.00. The molecule has 9 heteroatoms. The number of aromatic nitrogens is 4. The van der Waals surface area contributed by atoms with Crippen LogP contribution in [0.1, 0.15) is 25.5 Å². The Morgan fingerprint density at radius 3 is 3.00 bits per heavy atom. The van der Waals surface area contributed by atoms with Gasteiger partial charge in [0.2, 0.25) is 11.0 Å². The number of carbonyl (C=O) groups is 1. The first-order valence-corrected chi connectivity index (χ1v) is 9.20. The van der Waals surface area contributed by atoms with Crippen LogP contribution in [0.15, 0.2) is 33.4 Å². The van der Waals surface area contributed by atoms with E-state index in [2.05, 4.69) is 25.5 Å². The maximum absolute atomic E-state index is 12.1. The Kier molecular flexibility index (Phi) is 5.21. The van der Waals surface area contributed by atoms with Crippen molar-refractivity contribution in [3.63, 3.8) is 0 Å². The van der Waals surface area contributed by atoms with Gasteiger partial charge >= 0.3 is 0 Å². The van der Waals surface area contributed by atoms with Crippen LogP contribution in [-0.4, -0.2) is 26.1 Å². The van der Waals surface area contributed by atoms with Crippen LogP contribution in [0, 0.1) is 0 Å². The van der Waals surface area contributed by atoms with Gasteiger partial charge in [-0.1, -0.05) is 42.2 Å². The Morgan fingerprint density at radius 1 is 1.33 bits per heavy atom. The minimum atomic E-state index is -0.206. The second-order valence-corrected chi connectivity index (χ2v) is 7.19. The van der Waals surface area contributed by atoms with Gasteiger partial charge in [0.05, 0.1) is 11.0 Å². The number of anilines is 1. The van der Waals surface area contributed by atoms with Gasteiger partial charge < -0.3 is 10.3 Å². The molecule has 2 aromatic heterocycles. The summed E-state index contributed by atoms with van der Waals surface area (Å²) < 4.78 is 0.677. The maximum atomic E-state index is 12.1. The molecule has 0 radical (unpaired) electrons. The number of carbonyl (C=O) groups excluding carboxylic acids is 1. The zero-order valence-corrected chi connectivity index (χ0v) is 14.5. The summed E-state index contributed by atoms with van der Waals surface area (Å²) in [6, 6.07) is 7.40. The van der Waals surface area contributed by atoms with E-state index in [0.29, 0.717) is 32.9 Å². The van der Waals surface area contributed by atoms with E-state index in [9.17, 15) is 9.59 Å². The number of nitrogens with zero attached hydrogens (tertiary/aromatic N) is 3. The first-order chi connectivity index (χ1) is 11.7. The SMILES string of the molecule is CCCC(=O)Nc1nnc(SCc2nc3ccccc3[nH]c2=O)s1. The summed E-state index contributed by atoms with van der Waals surface area (Å²) in [7, 11) is 0. The first-order valence-electron chi connectivity index (χ1n) is 7.40. The molecular formula is C15H15N5O2S2. The molecule has 0 aliphatic carbocycles. The van der Waals surface area contributed by atoms with Gasteiger partial charge in [-0.25, -0.2) is 4.98 Å². The van der Waals surface area contributed by atoms with Crippen LogP contribution in [0.4, 0.5) is 5.13 Å². The third-order valence-corrected chi connectivity index (χ3v) is 5.12. The summed E-state index contributed by atoms with van der Waals surface area (Å²) in [6.07, 6.45) is 1.24. The van der Waals surface area contributed by atoms with Crippen LogP contribution < -0.4 is 10.9 Å². The Labute approximate surface area is 145 Å². The van der Waals surface area contributed by atoms with Crippen LogP contribution in [0.2, 0.25) is 0 Å². The summed E-state index contributed by atoms with van der Waals surface area (Å²) in [5.41, 5.74) is 1.69. The highest BCUT2D eigenvalue weighted by Crippen LogP contribution is 2.27. The van der Waals surface area contributed by atoms with Gasteiger partial charge in [0.1, 0.15) is 5.69 Å². The highest BCUT2D eigenvalue weighted by Gasteiger charge is 2.10. The molecule has 0 aliphatic heterocycles. The molecular weight excluding hydrogens is 346 g/mol. The van der Waals surface area contributed by atoms with E-state index in [-0.39, 0.29) is 11.5 Å². The van der Waals surface area contributed by atoms with Gasteiger partial charge in [-0.15, -0.1) is 10.2 Å². The molecule has 0 bridgehead atoms. The quantitative estimate of drug-likeness (QED) is 0.517. The van der Waals surface area contributed by atoms with E-state index in [1.165, 1.54) is 23.1 Å². The largest absolute Gasteiger partial charge is 0.319 e. The third-order valence-electron chi connectivity index (χ3n) is 3.13. The van der Waals surface area contributed by atoms with E-state index in [0.717, 1.165) is 11.9 Å². The summed E-state index contributed by atoms with van der Waals surface area (Å²) in [5.74, 6) is 0.315. The molecule has 0 saturated heterocycles. The van der Waals surface area contributed by atoms with Crippen LogP contribution >= 0.6 is 23.1 Å². The molecule has 2 N–H and O–H groups in total. The lowest BCUT2D eigenvalue weighted by Crippen LogP contribution is -2.14. The van der Waals surface area contributed by atoms with Gasteiger partial charge in [0, 0.05) is 12.2 Å². The summed E-state index contributed by atoms with van der Waals surface area (Å²) in [4.78, 5) is 30.8. The van der Waals surface area contributed by atoms with Crippen LogP contribution in [0.25, 0.3) is 11.0 Å². The van der Waals surface area contributed by atoms with Gasteiger partial charge in [-0.05, 0) is 18.6 Å². The molecule has 3 rings (SSSR count). The smallest absolute Gasteiger partial charge is 0.271 e. The fourth-order valence-corrected chi connectivity index (χ4v) is 3.72. The number of amides is 1. The lowest BCUT2D eigenvalue weighted by Gasteiger charge is -2.00. The van der Waals surface area contributed by atoms with Crippen molar-refractivity contribution in [2.75, 3.05) is 5.32 Å². The van der Waals surface area contributed by atoms with Crippen molar-refractivity contribution in [2.45, 2.75) is 29.9 Å². The molecule has 3 aromatic rings. The normalized spacial score (nSPS) is 10.9. The van der Waals surface area contributed by atoms with Crippen LogP contribution in [-0.2, 0) is 10.5 Å². The average molecular weight is 361 g/mol. The highest BCUT2D eigenvalue weighted by molar-refractivity contribution is 8.00. The van der Waals surface area contributed by atoms with Gasteiger partial charge in [-0.3, -0.25) is 9.59 Å². The number of aromatic amines is 1. The van der Waals surface area contributed by atoms with E-state index < -0.39 is 0 Å². The molecule has 2 heterocycles. The van der Waals surface area contributed by atoms with Crippen LogP contribution in [0.3, 0.4) is 0 Å². The molecule has 124 valence electrons. The molecule has 24 heavy (non-hydrogen) atoms. The minimum absolute atomic E-state index is 0.0714. The second kappa shape index (κ2) is 7.54. The standard InChI is InChI=1S/C15H15N5O2S2/c1-2-5-12(21)18-14-19-20-15(24-14)23-8-11-13(22)17-10-7-4-3-6-9(10)16-11/h3-4,6-7H,2,5,8H2,1H3,(H,17,22)(H,18,19,21). The predicted octanol–water partition coefficient (Wildman–Crippen LogP) is 2.81. The number of hydrogen-bond acceptors (Lipinski definition) is 7. The summed E-state index contributed by atoms with van der Waals surface area (Å²) in [6.45, 7) is 1.94. The second-order valence-electron chi connectivity index (χ2n) is 4.99. The Morgan fingerprint density at radius 2 is 2.17 bits per heavy atom. The minimum Gasteiger partial charge on any atom is -0.319 e. The molecule has 1 aromatic carbocycles. The van der Waals surface area contributed by atoms with E-state index in [1.54, 1.807) is 0 Å². The third kappa shape index (κ3) is 3.98. The number of H-pyrrole nitrogens is 1. The van der Waals surface area contributed by atoms with Crippen LogP contribution in [0.5, 0.6) is 0 Å². The molecule has 7 nitrogen and oxygen atoms in total. The number of benzene rings is 1. The molecule has 0 saturated carbocycles. The Bertz CT molecular complexity index is 921. The van der Waals surface area contributed by atoms with Gasteiger partial charge in [0.15, 0.2) is 4.34 Å². The number of hydrogen-bond donors (Lipinski definition) is 2. The number of thioether (sulfide) groups is 1. The number of rotatable bonds is 6. The van der Waals surface area contributed by atoms with Crippen molar-refractivity contribution in [1.82, 2.24) is 20.2 Å². The fourth-order valence-electron chi connectivity index (χ4n) is 2.02. The van der Waals surface area contributed by atoms with Crippen molar-refractivity contribution < 1.29 is 4.79 Å². The summed E-state index contributed by atoms with van der Waals surface area (Å²) in [5, 5.41) is 11.1. The lowest BCUT2D eigenvalue weighted by molar-refractivity contribution is -0.116. The first kappa shape index (κ1) is 16.6. The van der Waals surface area contributed by atoms with Crippen molar-refractivity contribution in [3.05, 3.63) is 40.3 Å². The Hall–Kier alpha value is -2.26. The molecule has 1 amide bonds. The van der Waals surface area contributed by atoms with E-state index in [1.807, 2.05) is 31.2 Å².